The molecule has 0 aromatic heterocycles. The first kappa shape index (κ1) is 31.8. The summed E-state index contributed by atoms with van der Waals surface area (Å²) in [7, 11) is -3.82. The second-order valence-corrected chi connectivity index (χ2v) is 14.5. The Balaban J connectivity index is 2.08. The van der Waals surface area contributed by atoms with Crippen molar-refractivity contribution in [2.24, 2.45) is 0 Å². The number of nitrogens with one attached hydrogen (secondary N) is 1. The molecule has 2 amide bonds. The molecule has 0 aliphatic carbocycles. The first-order valence-electron chi connectivity index (χ1n) is 12.8. The van der Waals surface area contributed by atoms with Gasteiger partial charge in [-0.25, -0.2) is 8.42 Å². The van der Waals surface area contributed by atoms with E-state index in [1.165, 1.54) is 4.90 Å². The molecule has 0 bridgehead atoms. The Hall–Kier alpha value is -2.69. The zero-order valence-corrected chi connectivity index (χ0v) is 27.3. The third-order valence-corrected chi connectivity index (χ3v) is 8.70. The van der Waals surface area contributed by atoms with Gasteiger partial charge in [-0.3, -0.25) is 13.9 Å². The topological polar surface area (TPSA) is 86.8 Å². The molecule has 7 nitrogen and oxygen atoms in total. The van der Waals surface area contributed by atoms with Gasteiger partial charge < -0.3 is 10.2 Å². The van der Waals surface area contributed by atoms with E-state index in [4.69, 9.17) is 0 Å². The van der Waals surface area contributed by atoms with Crippen LogP contribution in [0.2, 0.25) is 0 Å². The first-order chi connectivity index (χ1) is 18.6. The number of halogens is 2. The van der Waals surface area contributed by atoms with Crippen molar-refractivity contribution >= 4 is 59.4 Å². The largest absolute Gasteiger partial charge is 0.350 e. The molecule has 0 saturated heterocycles. The Labute approximate surface area is 254 Å². The normalized spacial score (nSPS) is 12.5. The molecule has 1 unspecified atom stereocenters. The molecule has 40 heavy (non-hydrogen) atoms. The van der Waals surface area contributed by atoms with E-state index >= 15 is 0 Å². The molecule has 3 aromatic rings. The van der Waals surface area contributed by atoms with Gasteiger partial charge in [0.15, 0.2) is 0 Å². The van der Waals surface area contributed by atoms with Gasteiger partial charge in [0.2, 0.25) is 21.8 Å². The highest BCUT2D eigenvalue weighted by Gasteiger charge is 2.34. The first-order valence-corrected chi connectivity index (χ1v) is 16.2. The second kappa shape index (κ2) is 13.3. The van der Waals surface area contributed by atoms with Gasteiger partial charge in [-0.2, -0.15) is 0 Å². The molecule has 1 N–H and O–H groups in total. The molecule has 0 heterocycles. The summed E-state index contributed by atoms with van der Waals surface area (Å²) in [5.41, 5.74) is 2.36. The lowest BCUT2D eigenvalue weighted by atomic mass is 10.0. The van der Waals surface area contributed by atoms with Crippen LogP contribution in [-0.2, 0) is 32.6 Å². The molecule has 10 heteroatoms. The van der Waals surface area contributed by atoms with Crippen LogP contribution in [0.4, 0.5) is 5.69 Å². The monoisotopic (exact) mass is 691 g/mol. The van der Waals surface area contributed by atoms with Crippen LogP contribution in [0.15, 0.2) is 81.7 Å². The number of nitrogens with zero attached hydrogens (tertiary/aromatic N) is 2. The number of benzene rings is 3. The zero-order chi connectivity index (χ0) is 29.7. The van der Waals surface area contributed by atoms with Gasteiger partial charge in [-0.05, 0) is 74.7 Å². The number of hydrogen-bond acceptors (Lipinski definition) is 4. The summed E-state index contributed by atoms with van der Waals surface area (Å²) < 4.78 is 28.6. The molecule has 0 saturated carbocycles. The van der Waals surface area contributed by atoms with E-state index in [2.05, 4.69) is 37.2 Å². The van der Waals surface area contributed by atoms with Crippen molar-refractivity contribution in [1.29, 1.82) is 0 Å². The van der Waals surface area contributed by atoms with Crippen LogP contribution < -0.4 is 9.62 Å². The lowest BCUT2D eigenvalue weighted by Gasteiger charge is -2.35. The Morgan fingerprint density at radius 3 is 2.10 bits per heavy atom. The number of rotatable bonds is 10. The minimum atomic E-state index is -3.82. The predicted molar refractivity (Wildman–Crippen MR) is 168 cm³/mol. The number of carbonyl (C=O) groups is 2. The van der Waals surface area contributed by atoms with Crippen molar-refractivity contribution in [2.45, 2.75) is 52.2 Å². The summed E-state index contributed by atoms with van der Waals surface area (Å²) in [6.45, 7) is 7.16. The Morgan fingerprint density at radius 1 is 0.925 bits per heavy atom. The van der Waals surface area contributed by atoms with E-state index in [1.54, 1.807) is 18.2 Å². The minimum Gasteiger partial charge on any atom is -0.350 e. The average Bonchev–Trinajstić information content (AvgIpc) is 2.86. The smallest absolute Gasteiger partial charge is 0.244 e. The van der Waals surface area contributed by atoms with Crippen LogP contribution in [0.1, 0.15) is 37.5 Å². The second-order valence-electron chi connectivity index (χ2n) is 10.8. The van der Waals surface area contributed by atoms with E-state index < -0.39 is 34.1 Å². The van der Waals surface area contributed by atoms with Crippen molar-refractivity contribution in [2.75, 3.05) is 17.1 Å². The third-order valence-electron chi connectivity index (χ3n) is 6.14. The molecule has 214 valence electrons. The van der Waals surface area contributed by atoms with Crippen LogP contribution in [0.5, 0.6) is 0 Å². The van der Waals surface area contributed by atoms with Crippen LogP contribution in [0, 0.1) is 6.92 Å². The summed E-state index contributed by atoms with van der Waals surface area (Å²) in [6.07, 6.45) is 1.34. The van der Waals surface area contributed by atoms with E-state index in [0.29, 0.717) is 5.69 Å². The number of sulfonamides is 1. The highest BCUT2D eigenvalue weighted by Crippen LogP contribution is 2.26. The van der Waals surface area contributed by atoms with Crippen molar-refractivity contribution in [3.05, 3.63) is 98.4 Å². The number of amides is 2. The van der Waals surface area contributed by atoms with Gasteiger partial charge in [0, 0.05) is 27.4 Å². The molecule has 0 aliphatic rings. The van der Waals surface area contributed by atoms with Crippen LogP contribution in [0.25, 0.3) is 0 Å². The Bertz CT molecular complexity index is 1440. The maximum absolute atomic E-state index is 14.1. The molecule has 3 rings (SSSR count). The minimum absolute atomic E-state index is 0.123. The number of hydrogen-bond donors (Lipinski definition) is 1. The van der Waals surface area contributed by atoms with E-state index in [0.717, 1.165) is 36.2 Å². The Morgan fingerprint density at radius 2 is 1.55 bits per heavy atom. The lowest BCUT2D eigenvalue weighted by molar-refractivity contribution is -0.140. The third kappa shape index (κ3) is 9.17. The van der Waals surface area contributed by atoms with Gasteiger partial charge in [-0.1, -0.05) is 74.3 Å². The number of carbonyl (C=O) groups excluding carboxylic acids is 2. The number of aryl methyl sites for hydroxylation is 1. The average molecular weight is 694 g/mol. The summed E-state index contributed by atoms with van der Waals surface area (Å²) in [5.74, 6) is -0.800. The molecule has 1 atom stereocenters. The molecule has 0 spiro atoms. The fourth-order valence-corrected chi connectivity index (χ4v) is 5.54. The fraction of sp³-hybridized carbons (Fsp3) is 0.333. The summed E-state index contributed by atoms with van der Waals surface area (Å²) >= 11 is 6.88. The van der Waals surface area contributed by atoms with Crippen molar-refractivity contribution in [3.8, 4) is 0 Å². The molecule has 0 aliphatic heterocycles. The lowest BCUT2D eigenvalue weighted by Crippen LogP contribution is -2.56. The highest BCUT2D eigenvalue weighted by molar-refractivity contribution is 9.10. The van der Waals surface area contributed by atoms with Gasteiger partial charge in [0.05, 0.1) is 11.9 Å². The fourth-order valence-electron chi connectivity index (χ4n) is 4.19. The van der Waals surface area contributed by atoms with Crippen LogP contribution >= 0.6 is 31.9 Å². The SMILES string of the molecule is Cc1cc(N(CC(=O)N(Cc2ccc(Br)cc2)C(Cc2ccccc2)C(=O)NC(C)(C)C)S(C)(=O)=O)ccc1Br. The van der Waals surface area contributed by atoms with Crippen molar-refractivity contribution < 1.29 is 18.0 Å². The quantitative estimate of drug-likeness (QED) is 0.289. The summed E-state index contributed by atoms with van der Waals surface area (Å²) in [5, 5.41) is 3.02. The summed E-state index contributed by atoms with van der Waals surface area (Å²) in [6, 6.07) is 21.2. The number of anilines is 1. The van der Waals surface area contributed by atoms with Crippen LogP contribution in [-0.4, -0.2) is 49.5 Å². The summed E-state index contributed by atoms with van der Waals surface area (Å²) in [4.78, 5) is 29.3. The van der Waals surface area contributed by atoms with Gasteiger partial charge in [0.25, 0.3) is 0 Å². The van der Waals surface area contributed by atoms with E-state index in [9.17, 15) is 18.0 Å². The van der Waals surface area contributed by atoms with Gasteiger partial charge in [-0.15, -0.1) is 0 Å². The molecule has 3 aromatic carbocycles. The predicted octanol–water partition coefficient (Wildman–Crippen LogP) is 5.84. The Kier molecular flexibility index (Phi) is 10.6. The van der Waals surface area contributed by atoms with Crippen molar-refractivity contribution in [1.82, 2.24) is 10.2 Å². The zero-order valence-electron chi connectivity index (χ0n) is 23.3. The molecular weight excluding hydrogens is 658 g/mol. The maximum Gasteiger partial charge on any atom is 0.244 e. The van der Waals surface area contributed by atoms with Gasteiger partial charge in [0.1, 0.15) is 12.6 Å². The highest BCUT2D eigenvalue weighted by atomic mass is 79.9. The van der Waals surface area contributed by atoms with Gasteiger partial charge >= 0.3 is 0 Å². The van der Waals surface area contributed by atoms with E-state index in [1.807, 2.05) is 82.3 Å². The molecule has 0 radical (unpaired) electrons. The van der Waals surface area contributed by atoms with Crippen molar-refractivity contribution in [3.63, 3.8) is 0 Å². The molecular formula is C30H35Br2N3O4S. The standard InChI is InChI=1S/C30H35Br2N3O4S/c1-21-17-25(15-16-26(21)32)35(40(5,38)39)20-28(36)34(19-23-11-13-24(31)14-12-23)27(29(37)33-30(2,3)4)18-22-9-7-6-8-10-22/h6-17,27H,18-20H2,1-5H3,(H,33,37). The maximum atomic E-state index is 14.1. The van der Waals surface area contributed by atoms with Crippen LogP contribution in [0.3, 0.4) is 0 Å². The molecule has 0 fully saturated rings. The van der Waals surface area contributed by atoms with E-state index in [-0.39, 0.29) is 18.9 Å².